The minimum absolute atomic E-state index is 0.326. The van der Waals surface area contributed by atoms with Crippen molar-refractivity contribution in [2.24, 2.45) is 5.73 Å². The summed E-state index contributed by atoms with van der Waals surface area (Å²) in [5, 5.41) is 8.02. The van der Waals surface area contributed by atoms with Crippen molar-refractivity contribution in [1.29, 1.82) is 0 Å². The summed E-state index contributed by atoms with van der Waals surface area (Å²) in [6.45, 7) is 0.807. The van der Waals surface area contributed by atoms with Gasteiger partial charge in [0.1, 0.15) is 0 Å². The minimum Gasteiger partial charge on any atom is -0.330 e. The summed E-state index contributed by atoms with van der Waals surface area (Å²) in [7, 11) is 0. The van der Waals surface area contributed by atoms with Gasteiger partial charge in [-0.05, 0) is 19.4 Å². The second kappa shape index (κ2) is 12.5. The zero-order valence-electron chi connectivity index (χ0n) is 10.1. The van der Waals surface area contributed by atoms with Crippen LogP contribution >= 0.6 is 0 Å². The Balaban J connectivity index is 2.96. The van der Waals surface area contributed by atoms with Gasteiger partial charge < -0.3 is 10.6 Å². The third-order valence-electron chi connectivity index (χ3n) is 2.69. The molecule has 0 spiro atoms. The van der Waals surface area contributed by atoms with Crippen molar-refractivity contribution in [2.45, 2.75) is 64.2 Å². The van der Waals surface area contributed by atoms with E-state index in [4.69, 9.17) is 11.0 Å². The standard InChI is InChI=1S/C12H25NO3/c13-11-9-7-5-3-1-2-4-6-8-10-12(14)16-15/h15H,1-11,13H2. The van der Waals surface area contributed by atoms with Crippen LogP contribution in [0.1, 0.15) is 64.2 Å². The first-order chi connectivity index (χ1) is 7.81. The number of unbranched alkanes of at least 4 members (excludes halogenated alkanes) is 8. The Hall–Kier alpha value is -0.610. The molecule has 4 heteroatoms. The zero-order valence-corrected chi connectivity index (χ0v) is 10.1. The van der Waals surface area contributed by atoms with Gasteiger partial charge in [0.25, 0.3) is 0 Å². The van der Waals surface area contributed by atoms with Crippen LogP contribution in [0, 0.1) is 0 Å². The molecule has 0 aromatic carbocycles. The lowest BCUT2D eigenvalue weighted by molar-refractivity contribution is -0.234. The fourth-order valence-electron chi connectivity index (χ4n) is 1.70. The molecule has 0 amide bonds. The van der Waals surface area contributed by atoms with Crippen molar-refractivity contribution in [2.75, 3.05) is 6.54 Å². The Morgan fingerprint density at radius 3 is 1.75 bits per heavy atom. The van der Waals surface area contributed by atoms with E-state index in [9.17, 15) is 4.79 Å². The predicted molar refractivity (Wildman–Crippen MR) is 63.9 cm³/mol. The van der Waals surface area contributed by atoms with Gasteiger partial charge in [0.2, 0.25) is 0 Å². The maximum absolute atomic E-state index is 10.6. The van der Waals surface area contributed by atoms with Gasteiger partial charge in [0.05, 0.1) is 0 Å². The SMILES string of the molecule is NCCCCCCCCCCCC(=O)OO. The van der Waals surface area contributed by atoms with Crippen LogP contribution in [0.5, 0.6) is 0 Å². The highest BCUT2D eigenvalue weighted by Crippen LogP contribution is 2.10. The summed E-state index contributed by atoms with van der Waals surface area (Å²) < 4.78 is 0. The molecule has 0 unspecified atom stereocenters. The van der Waals surface area contributed by atoms with E-state index >= 15 is 0 Å². The van der Waals surface area contributed by atoms with Gasteiger partial charge in [-0.1, -0.05) is 44.9 Å². The summed E-state index contributed by atoms with van der Waals surface area (Å²) in [5.41, 5.74) is 5.40. The summed E-state index contributed by atoms with van der Waals surface area (Å²) in [5.74, 6) is -0.526. The van der Waals surface area contributed by atoms with E-state index in [-0.39, 0.29) is 0 Å². The number of rotatable bonds is 11. The Labute approximate surface area is 98.1 Å². The van der Waals surface area contributed by atoms with Crippen molar-refractivity contribution in [1.82, 2.24) is 0 Å². The summed E-state index contributed by atoms with van der Waals surface area (Å²) in [6.07, 6.45) is 10.8. The molecule has 0 saturated heterocycles. The lowest BCUT2D eigenvalue weighted by Gasteiger charge is -2.01. The Morgan fingerprint density at radius 1 is 0.875 bits per heavy atom. The summed E-state index contributed by atoms with van der Waals surface area (Å²) >= 11 is 0. The molecule has 96 valence electrons. The Kier molecular flexibility index (Phi) is 12.0. The Bertz CT molecular complexity index is 162. The van der Waals surface area contributed by atoms with Gasteiger partial charge in [-0.15, -0.1) is 0 Å². The molecule has 0 aliphatic carbocycles. The van der Waals surface area contributed by atoms with Crippen molar-refractivity contribution in [3.05, 3.63) is 0 Å². The number of nitrogens with two attached hydrogens (primary N) is 1. The van der Waals surface area contributed by atoms with Crippen LogP contribution in [0.4, 0.5) is 0 Å². The first kappa shape index (κ1) is 15.4. The first-order valence-corrected chi connectivity index (χ1v) is 6.35. The largest absolute Gasteiger partial charge is 0.342 e. The van der Waals surface area contributed by atoms with E-state index in [1.165, 1.54) is 32.1 Å². The molecule has 3 N–H and O–H groups in total. The van der Waals surface area contributed by atoms with Crippen LogP contribution in [0.25, 0.3) is 0 Å². The van der Waals surface area contributed by atoms with Crippen LogP contribution in [0.15, 0.2) is 0 Å². The van der Waals surface area contributed by atoms with Crippen LogP contribution in [-0.4, -0.2) is 17.8 Å². The van der Waals surface area contributed by atoms with Gasteiger partial charge in [0, 0.05) is 6.42 Å². The number of carbonyl (C=O) groups excluding carboxylic acids is 1. The van der Waals surface area contributed by atoms with E-state index < -0.39 is 5.97 Å². The van der Waals surface area contributed by atoms with Gasteiger partial charge in [0.15, 0.2) is 0 Å². The van der Waals surface area contributed by atoms with Crippen LogP contribution in [-0.2, 0) is 9.68 Å². The Morgan fingerprint density at radius 2 is 1.31 bits per heavy atom. The molecule has 0 heterocycles. The molecule has 4 nitrogen and oxygen atoms in total. The molecule has 0 aliphatic heterocycles. The average molecular weight is 231 g/mol. The summed E-state index contributed by atoms with van der Waals surface area (Å²) in [6, 6.07) is 0. The lowest BCUT2D eigenvalue weighted by atomic mass is 10.1. The van der Waals surface area contributed by atoms with Gasteiger partial charge >= 0.3 is 5.97 Å². The lowest BCUT2D eigenvalue weighted by Crippen LogP contribution is -1.99. The molecule has 0 radical (unpaired) electrons. The molecule has 0 saturated carbocycles. The molecule has 0 aliphatic rings. The van der Waals surface area contributed by atoms with Crippen molar-refractivity contribution < 1.29 is 14.9 Å². The number of carbonyl (C=O) groups is 1. The fourth-order valence-corrected chi connectivity index (χ4v) is 1.70. The summed E-state index contributed by atoms with van der Waals surface area (Å²) in [4.78, 5) is 14.1. The number of hydrogen-bond donors (Lipinski definition) is 2. The van der Waals surface area contributed by atoms with Crippen LogP contribution in [0.3, 0.4) is 0 Å². The molecule has 0 rings (SSSR count). The highest BCUT2D eigenvalue weighted by atomic mass is 17.1. The predicted octanol–water partition coefficient (Wildman–Crippen LogP) is 2.86. The quantitative estimate of drug-likeness (QED) is 0.326. The van der Waals surface area contributed by atoms with E-state index in [0.717, 1.165) is 32.2 Å². The molecular weight excluding hydrogens is 206 g/mol. The molecular formula is C12H25NO3. The number of hydrogen-bond acceptors (Lipinski definition) is 4. The van der Waals surface area contributed by atoms with E-state index in [1.54, 1.807) is 0 Å². The van der Waals surface area contributed by atoms with E-state index in [2.05, 4.69) is 4.89 Å². The monoisotopic (exact) mass is 231 g/mol. The van der Waals surface area contributed by atoms with Crippen molar-refractivity contribution >= 4 is 5.97 Å². The highest BCUT2D eigenvalue weighted by Gasteiger charge is 2.00. The highest BCUT2D eigenvalue weighted by molar-refractivity contribution is 5.68. The normalized spacial score (nSPS) is 10.4. The molecule has 0 fully saturated rings. The molecule has 16 heavy (non-hydrogen) atoms. The third kappa shape index (κ3) is 11.5. The second-order valence-electron chi connectivity index (χ2n) is 4.18. The van der Waals surface area contributed by atoms with Gasteiger partial charge in [-0.3, -0.25) is 0 Å². The maximum Gasteiger partial charge on any atom is 0.342 e. The minimum atomic E-state index is -0.526. The van der Waals surface area contributed by atoms with E-state index in [1.807, 2.05) is 0 Å². The van der Waals surface area contributed by atoms with Crippen LogP contribution < -0.4 is 5.73 Å². The molecule has 0 bridgehead atoms. The smallest absolute Gasteiger partial charge is 0.330 e. The molecule has 0 atom stereocenters. The average Bonchev–Trinajstić information content (AvgIpc) is 2.31. The van der Waals surface area contributed by atoms with Gasteiger partial charge in [-0.2, -0.15) is 5.26 Å². The van der Waals surface area contributed by atoms with Gasteiger partial charge in [-0.25, -0.2) is 4.79 Å². The van der Waals surface area contributed by atoms with Crippen LogP contribution in [0.2, 0.25) is 0 Å². The van der Waals surface area contributed by atoms with Crippen molar-refractivity contribution in [3.63, 3.8) is 0 Å². The fraction of sp³-hybridized carbons (Fsp3) is 0.917. The molecule has 0 aromatic heterocycles. The topological polar surface area (TPSA) is 72.6 Å². The maximum atomic E-state index is 10.6. The van der Waals surface area contributed by atoms with E-state index in [0.29, 0.717) is 6.42 Å². The molecule has 0 aromatic rings. The zero-order chi connectivity index (χ0) is 12.1. The first-order valence-electron chi connectivity index (χ1n) is 6.35. The van der Waals surface area contributed by atoms with Crippen molar-refractivity contribution in [3.8, 4) is 0 Å². The second-order valence-corrected chi connectivity index (χ2v) is 4.18. The third-order valence-corrected chi connectivity index (χ3v) is 2.69.